The summed E-state index contributed by atoms with van der Waals surface area (Å²) in [6.07, 6.45) is 0. The number of hydrogen-bond acceptors (Lipinski definition) is 5. The number of carbonyl (C=O) groups is 1. The zero-order chi connectivity index (χ0) is 16.7. The number of rotatable bonds is 6. The highest BCUT2D eigenvalue weighted by atomic mass is 16.5. The molecule has 1 fully saturated rings. The van der Waals surface area contributed by atoms with Crippen molar-refractivity contribution < 1.29 is 9.53 Å². The number of nitriles is 1. The van der Waals surface area contributed by atoms with Crippen LogP contribution in [0.15, 0.2) is 24.3 Å². The fourth-order valence-electron chi connectivity index (χ4n) is 2.43. The molecule has 1 aromatic rings. The van der Waals surface area contributed by atoms with Gasteiger partial charge in [-0.15, -0.1) is 0 Å². The van der Waals surface area contributed by atoms with E-state index in [9.17, 15) is 4.79 Å². The summed E-state index contributed by atoms with van der Waals surface area (Å²) in [6, 6.07) is 8.79. The van der Waals surface area contributed by atoms with Gasteiger partial charge in [-0.05, 0) is 32.2 Å². The van der Waals surface area contributed by atoms with Gasteiger partial charge in [0.2, 0.25) is 5.91 Å². The summed E-state index contributed by atoms with van der Waals surface area (Å²) < 4.78 is 5.34. The van der Waals surface area contributed by atoms with Crippen LogP contribution < -0.4 is 5.32 Å². The Kier molecular flexibility index (Phi) is 6.53. The molecule has 1 aliphatic heterocycles. The summed E-state index contributed by atoms with van der Waals surface area (Å²) >= 11 is 0. The molecule has 1 aromatic carbocycles. The van der Waals surface area contributed by atoms with Crippen molar-refractivity contribution >= 4 is 11.6 Å². The van der Waals surface area contributed by atoms with Gasteiger partial charge in [0.1, 0.15) is 0 Å². The van der Waals surface area contributed by atoms with E-state index < -0.39 is 0 Å². The molecule has 6 nitrogen and oxygen atoms in total. The van der Waals surface area contributed by atoms with E-state index in [1.54, 1.807) is 24.3 Å². The monoisotopic (exact) mass is 316 g/mol. The number of benzene rings is 1. The number of nitrogens with zero attached hydrogens (tertiary/aromatic N) is 3. The number of nitrogens with one attached hydrogen (secondary N) is 1. The molecule has 1 aliphatic rings. The first kappa shape index (κ1) is 17.4. The molecule has 0 radical (unpaired) electrons. The van der Waals surface area contributed by atoms with Crippen molar-refractivity contribution in [3.63, 3.8) is 0 Å². The molecule has 1 saturated heterocycles. The van der Waals surface area contributed by atoms with Gasteiger partial charge in [-0.2, -0.15) is 5.26 Å². The first-order chi connectivity index (χ1) is 11.1. The van der Waals surface area contributed by atoms with Gasteiger partial charge in [-0.1, -0.05) is 6.07 Å². The van der Waals surface area contributed by atoms with Crippen molar-refractivity contribution in [2.24, 2.45) is 0 Å². The third-order valence-electron chi connectivity index (χ3n) is 4.17. The maximum absolute atomic E-state index is 12.3. The Bertz CT molecular complexity index is 564. The first-order valence-corrected chi connectivity index (χ1v) is 7.91. The smallest absolute Gasteiger partial charge is 0.241 e. The number of carbonyl (C=O) groups excluding carboxylic acids is 1. The molecule has 0 aliphatic carbocycles. The van der Waals surface area contributed by atoms with Crippen LogP contribution in [0, 0.1) is 11.3 Å². The molecule has 0 bridgehead atoms. The first-order valence-electron chi connectivity index (χ1n) is 7.91. The average molecular weight is 316 g/mol. The van der Waals surface area contributed by atoms with Gasteiger partial charge in [0.15, 0.2) is 0 Å². The molecule has 6 heteroatoms. The van der Waals surface area contributed by atoms with Crippen molar-refractivity contribution in [1.82, 2.24) is 9.80 Å². The summed E-state index contributed by atoms with van der Waals surface area (Å²) in [6.45, 7) is 7.13. The minimum Gasteiger partial charge on any atom is -0.379 e. The minimum absolute atomic E-state index is 0.0652. The van der Waals surface area contributed by atoms with Gasteiger partial charge in [0.05, 0.1) is 30.9 Å². The number of hydrogen-bond donors (Lipinski definition) is 1. The Morgan fingerprint density at radius 1 is 1.48 bits per heavy atom. The standard InChI is InChI=1S/C17H24N4O2/c1-14(20(2)6-7-21-8-10-23-11-9-21)17(22)19-16-5-3-4-15(12-16)13-18/h3-5,12,14H,6-11H2,1-2H3,(H,19,22). The van der Waals surface area contributed by atoms with Gasteiger partial charge in [0.25, 0.3) is 0 Å². The van der Waals surface area contributed by atoms with Gasteiger partial charge < -0.3 is 10.1 Å². The summed E-state index contributed by atoms with van der Waals surface area (Å²) in [5.41, 5.74) is 1.19. The van der Waals surface area contributed by atoms with Crippen LogP contribution in [0.25, 0.3) is 0 Å². The third kappa shape index (κ3) is 5.32. The predicted molar refractivity (Wildman–Crippen MR) is 89.1 cm³/mol. The fraction of sp³-hybridized carbons (Fsp3) is 0.529. The van der Waals surface area contributed by atoms with Crippen LogP contribution in [-0.2, 0) is 9.53 Å². The van der Waals surface area contributed by atoms with E-state index in [0.717, 1.165) is 39.4 Å². The molecule has 1 heterocycles. The van der Waals surface area contributed by atoms with Crippen molar-refractivity contribution in [1.29, 1.82) is 5.26 Å². The maximum atomic E-state index is 12.3. The number of ether oxygens (including phenoxy) is 1. The molecule has 1 amide bonds. The fourth-order valence-corrected chi connectivity index (χ4v) is 2.43. The van der Waals surface area contributed by atoms with E-state index in [-0.39, 0.29) is 11.9 Å². The summed E-state index contributed by atoms with van der Waals surface area (Å²) in [7, 11) is 1.95. The number of morpholine rings is 1. The van der Waals surface area contributed by atoms with Crippen molar-refractivity contribution in [2.75, 3.05) is 51.8 Å². The molecule has 2 rings (SSSR count). The van der Waals surface area contributed by atoms with E-state index in [4.69, 9.17) is 10.00 Å². The van der Waals surface area contributed by atoms with Gasteiger partial charge >= 0.3 is 0 Å². The Morgan fingerprint density at radius 2 is 2.22 bits per heavy atom. The average Bonchev–Trinajstić information content (AvgIpc) is 2.60. The zero-order valence-electron chi connectivity index (χ0n) is 13.8. The van der Waals surface area contributed by atoms with E-state index in [1.807, 2.05) is 18.9 Å². The second-order valence-electron chi connectivity index (χ2n) is 5.79. The van der Waals surface area contributed by atoms with Crippen LogP contribution in [0.3, 0.4) is 0 Å². The van der Waals surface area contributed by atoms with Crippen molar-refractivity contribution in [3.8, 4) is 6.07 Å². The van der Waals surface area contributed by atoms with Crippen molar-refractivity contribution in [2.45, 2.75) is 13.0 Å². The molecular weight excluding hydrogens is 292 g/mol. The van der Waals surface area contributed by atoms with Crippen LogP contribution in [0.4, 0.5) is 5.69 Å². The van der Waals surface area contributed by atoms with E-state index in [0.29, 0.717) is 11.3 Å². The van der Waals surface area contributed by atoms with Crippen molar-refractivity contribution in [3.05, 3.63) is 29.8 Å². The third-order valence-corrected chi connectivity index (χ3v) is 4.17. The Hall–Kier alpha value is -1.94. The van der Waals surface area contributed by atoms with Crippen LogP contribution >= 0.6 is 0 Å². The highest BCUT2D eigenvalue weighted by molar-refractivity contribution is 5.94. The SMILES string of the molecule is CC(C(=O)Nc1cccc(C#N)c1)N(C)CCN1CCOCC1. The summed E-state index contributed by atoms with van der Waals surface area (Å²) in [5.74, 6) is -0.0652. The number of likely N-dealkylation sites (N-methyl/N-ethyl adjacent to an activating group) is 1. The predicted octanol–water partition coefficient (Wildman–Crippen LogP) is 1.15. The highest BCUT2D eigenvalue weighted by Gasteiger charge is 2.19. The maximum Gasteiger partial charge on any atom is 0.241 e. The number of amides is 1. The lowest BCUT2D eigenvalue weighted by Gasteiger charge is -2.30. The Balaban J connectivity index is 1.81. The molecule has 0 spiro atoms. The van der Waals surface area contributed by atoms with Crippen LogP contribution in [0.1, 0.15) is 12.5 Å². The molecule has 1 atom stereocenters. The van der Waals surface area contributed by atoms with Crippen LogP contribution in [-0.4, -0.2) is 68.2 Å². The molecule has 124 valence electrons. The zero-order valence-corrected chi connectivity index (χ0v) is 13.8. The topological polar surface area (TPSA) is 68.6 Å². The van der Waals surface area contributed by atoms with Gasteiger partial charge in [-0.25, -0.2) is 0 Å². The van der Waals surface area contributed by atoms with E-state index in [2.05, 4.69) is 16.3 Å². The highest BCUT2D eigenvalue weighted by Crippen LogP contribution is 2.11. The lowest BCUT2D eigenvalue weighted by atomic mass is 10.2. The number of anilines is 1. The lowest BCUT2D eigenvalue weighted by molar-refractivity contribution is -0.120. The molecule has 1 N–H and O–H groups in total. The second kappa shape index (κ2) is 8.63. The second-order valence-corrected chi connectivity index (χ2v) is 5.79. The Morgan fingerprint density at radius 3 is 2.91 bits per heavy atom. The molecule has 0 saturated carbocycles. The summed E-state index contributed by atoms with van der Waals surface area (Å²) in [4.78, 5) is 16.7. The molecule has 0 aromatic heterocycles. The van der Waals surface area contributed by atoms with Gasteiger partial charge in [-0.3, -0.25) is 14.6 Å². The van der Waals surface area contributed by atoms with Gasteiger partial charge in [0, 0.05) is 31.9 Å². The quantitative estimate of drug-likeness (QED) is 0.852. The largest absolute Gasteiger partial charge is 0.379 e. The van der Waals surface area contributed by atoms with Crippen LogP contribution in [0.5, 0.6) is 0 Å². The Labute approximate surface area is 137 Å². The van der Waals surface area contributed by atoms with E-state index >= 15 is 0 Å². The van der Waals surface area contributed by atoms with Crippen LogP contribution in [0.2, 0.25) is 0 Å². The van der Waals surface area contributed by atoms with E-state index in [1.165, 1.54) is 0 Å². The lowest BCUT2D eigenvalue weighted by Crippen LogP contribution is -2.45. The summed E-state index contributed by atoms with van der Waals surface area (Å²) in [5, 5.41) is 11.8. The molecule has 23 heavy (non-hydrogen) atoms. The molecular formula is C17H24N4O2. The molecule has 1 unspecified atom stereocenters. The minimum atomic E-state index is -0.234. The normalized spacial score (nSPS) is 16.8.